The van der Waals surface area contributed by atoms with Crippen molar-refractivity contribution in [1.82, 2.24) is 20.2 Å². The first kappa shape index (κ1) is 15.7. The van der Waals surface area contributed by atoms with Gasteiger partial charge in [-0.3, -0.25) is 9.89 Å². The molecule has 130 valence electrons. The van der Waals surface area contributed by atoms with Gasteiger partial charge in [-0.15, -0.1) is 11.3 Å². The summed E-state index contributed by atoms with van der Waals surface area (Å²) in [5.41, 5.74) is 8.04. The Bertz CT molecular complexity index is 988. The molecule has 3 aromatic rings. The quantitative estimate of drug-likeness (QED) is 0.413. The predicted molar refractivity (Wildman–Crippen MR) is 96.9 cm³/mol. The zero-order valence-corrected chi connectivity index (χ0v) is 14.2. The molecule has 6 N–H and O–H groups in total. The van der Waals surface area contributed by atoms with Crippen LogP contribution in [0.3, 0.4) is 0 Å². The highest BCUT2D eigenvalue weighted by Crippen LogP contribution is 2.46. The van der Waals surface area contributed by atoms with Gasteiger partial charge in [-0.2, -0.15) is 5.10 Å². The number of pyridine rings is 1. The molecular weight excluding hydrogens is 340 g/mol. The van der Waals surface area contributed by atoms with E-state index in [1.165, 1.54) is 22.5 Å². The number of hydrazine groups is 1. The first-order valence-electron chi connectivity index (χ1n) is 7.91. The van der Waals surface area contributed by atoms with Crippen molar-refractivity contribution in [1.29, 1.82) is 0 Å². The second-order valence-corrected chi connectivity index (χ2v) is 6.85. The molecule has 0 aliphatic carbocycles. The number of nitrogens with one attached hydrogen (secondary N) is 2. The summed E-state index contributed by atoms with van der Waals surface area (Å²) >= 11 is 1.43. The van der Waals surface area contributed by atoms with Crippen LogP contribution in [0.5, 0.6) is 5.75 Å². The summed E-state index contributed by atoms with van der Waals surface area (Å²) in [6.45, 7) is 0.971. The number of ether oxygens (including phenoxy) is 1. The number of nitrogens with two attached hydrogens (primary N) is 2. The number of hydrogen-bond acceptors (Lipinski definition) is 7. The summed E-state index contributed by atoms with van der Waals surface area (Å²) < 4.78 is 6.69. The molecule has 0 saturated heterocycles. The topological polar surface area (TPSA) is 126 Å². The normalized spacial score (nSPS) is 14.0. The average molecular weight is 358 g/mol. The Balaban J connectivity index is 1.96. The third-order valence-corrected chi connectivity index (χ3v) is 5.42. The minimum atomic E-state index is -0.134. The summed E-state index contributed by atoms with van der Waals surface area (Å²) in [7, 11) is 0. The standard InChI is InChI=1S/C16H18N6O2S/c17-3-4-22(18)8-11-10-2-1-5-24-13-12(10)15(16(23)21-11)25-14(13)9-6-19-20-7-9/h3-4,6-7H,1-2,5,8,17-18H2,(H,19,20)(H,21,23)/b4-3-. The highest BCUT2D eigenvalue weighted by atomic mass is 32.1. The predicted octanol–water partition coefficient (Wildman–Crippen LogP) is 1.41. The van der Waals surface area contributed by atoms with Crippen molar-refractivity contribution in [2.75, 3.05) is 6.61 Å². The molecule has 0 atom stereocenters. The van der Waals surface area contributed by atoms with Crippen LogP contribution in [0.2, 0.25) is 0 Å². The molecule has 3 aromatic heterocycles. The summed E-state index contributed by atoms with van der Waals surface area (Å²) in [5, 5.41) is 9.15. The molecule has 0 saturated carbocycles. The van der Waals surface area contributed by atoms with E-state index in [0.29, 0.717) is 17.9 Å². The van der Waals surface area contributed by atoms with Crippen molar-refractivity contribution >= 4 is 21.4 Å². The van der Waals surface area contributed by atoms with E-state index in [1.807, 2.05) is 0 Å². The van der Waals surface area contributed by atoms with Crippen LogP contribution < -0.4 is 21.9 Å². The van der Waals surface area contributed by atoms with Gasteiger partial charge in [-0.05, 0) is 18.4 Å². The Morgan fingerprint density at radius 3 is 3.12 bits per heavy atom. The van der Waals surface area contributed by atoms with Crippen LogP contribution in [0, 0.1) is 0 Å². The van der Waals surface area contributed by atoms with E-state index in [1.54, 1.807) is 18.6 Å². The third kappa shape index (κ3) is 2.67. The van der Waals surface area contributed by atoms with E-state index in [9.17, 15) is 4.79 Å². The maximum atomic E-state index is 12.7. The first-order chi connectivity index (χ1) is 12.2. The third-order valence-electron chi connectivity index (χ3n) is 4.20. The van der Waals surface area contributed by atoms with Gasteiger partial charge in [0.15, 0.2) is 0 Å². The van der Waals surface area contributed by atoms with Crippen molar-refractivity contribution < 1.29 is 4.74 Å². The highest BCUT2D eigenvalue weighted by Gasteiger charge is 2.25. The van der Waals surface area contributed by atoms with Gasteiger partial charge < -0.3 is 20.5 Å². The number of H-pyrrole nitrogens is 2. The average Bonchev–Trinajstić information content (AvgIpc) is 3.17. The van der Waals surface area contributed by atoms with Crippen LogP contribution >= 0.6 is 11.3 Å². The maximum Gasteiger partial charge on any atom is 0.266 e. The Morgan fingerprint density at radius 2 is 2.36 bits per heavy atom. The van der Waals surface area contributed by atoms with E-state index >= 15 is 0 Å². The highest BCUT2D eigenvalue weighted by molar-refractivity contribution is 7.22. The molecular formula is C16H18N6O2S. The van der Waals surface area contributed by atoms with Crippen LogP contribution in [0.15, 0.2) is 29.6 Å². The van der Waals surface area contributed by atoms with Crippen LogP contribution in [-0.4, -0.2) is 26.8 Å². The zero-order chi connectivity index (χ0) is 17.4. The van der Waals surface area contributed by atoms with Crippen molar-refractivity contribution in [3.05, 3.63) is 46.4 Å². The van der Waals surface area contributed by atoms with Gasteiger partial charge in [0.25, 0.3) is 5.56 Å². The van der Waals surface area contributed by atoms with E-state index in [0.717, 1.165) is 45.7 Å². The minimum Gasteiger partial charge on any atom is -0.491 e. The van der Waals surface area contributed by atoms with E-state index in [-0.39, 0.29) is 5.56 Å². The van der Waals surface area contributed by atoms with Crippen molar-refractivity contribution in [2.24, 2.45) is 11.6 Å². The summed E-state index contributed by atoms with van der Waals surface area (Å²) in [6, 6.07) is 0. The van der Waals surface area contributed by atoms with Crippen LogP contribution in [0.1, 0.15) is 17.7 Å². The van der Waals surface area contributed by atoms with Gasteiger partial charge in [0, 0.05) is 35.2 Å². The molecule has 25 heavy (non-hydrogen) atoms. The van der Waals surface area contributed by atoms with Crippen molar-refractivity contribution in [3.63, 3.8) is 0 Å². The molecule has 0 amide bonds. The van der Waals surface area contributed by atoms with E-state index < -0.39 is 0 Å². The van der Waals surface area contributed by atoms with E-state index in [2.05, 4.69) is 15.2 Å². The molecule has 4 rings (SSSR count). The Kier molecular flexibility index (Phi) is 3.94. The molecule has 0 aromatic carbocycles. The van der Waals surface area contributed by atoms with Crippen LogP contribution in [-0.2, 0) is 13.0 Å². The van der Waals surface area contributed by atoms with Gasteiger partial charge in [0.1, 0.15) is 10.4 Å². The monoisotopic (exact) mass is 358 g/mol. The lowest BCUT2D eigenvalue weighted by molar-refractivity contribution is 0.321. The maximum absolute atomic E-state index is 12.7. The van der Waals surface area contributed by atoms with Crippen LogP contribution in [0.4, 0.5) is 0 Å². The van der Waals surface area contributed by atoms with Gasteiger partial charge in [-0.25, -0.2) is 5.84 Å². The lowest BCUT2D eigenvalue weighted by atomic mass is 10.0. The Hall–Kier alpha value is -2.78. The minimum absolute atomic E-state index is 0.134. The van der Waals surface area contributed by atoms with Gasteiger partial charge in [0.05, 0.1) is 24.2 Å². The first-order valence-corrected chi connectivity index (χ1v) is 8.73. The molecule has 0 radical (unpaired) electrons. The largest absolute Gasteiger partial charge is 0.491 e. The summed E-state index contributed by atoms with van der Waals surface area (Å²) in [6.07, 6.45) is 8.15. The molecule has 8 nitrogen and oxygen atoms in total. The fourth-order valence-electron chi connectivity index (χ4n) is 3.15. The number of rotatable bonds is 4. The van der Waals surface area contributed by atoms with Gasteiger partial charge in [-0.1, -0.05) is 0 Å². The molecule has 9 heteroatoms. The second kappa shape index (κ2) is 6.26. The molecule has 0 bridgehead atoms. The number of hydrogen-bond donors (Lipinski definition) is 4. The van der Waals surface area contributed by atoms with Crippen LogP contribution in [0.25, 0.3) is 20.5 Å². The van der Waals surface area contributed by atoms with Gasteiger partial charge in [0.2, 0.25) is 0 Å². The lowest BCUT2D eigenvalue weighted by Gasteiger charge is -2.16. The number of aromatic nitrogens is 3. The molecule has 1 aliphatic rings. The van der Waals surface area contributed by atoms with E-state index in [4.69, 9.17) is 16.3 Å². The van der Waals surface area contributed by atoms with Crippen molar-refractivity contribution in [2.45, 2.75) is 19.4 Å². The number of aryl methyl sites for hydroxylation is 1. The zero-order valence-electron chi connectivity index (χ0n) is 13.4. The van der Waals surface area contributed by atoms with Crippen molar-refractivity contribution in [3.8, 4) is 16.2 Å². The number of aromatic amines is 2. The SMILES string of the molecule is N/C=C\N(N)Cc1[nH]c(=O)c2sc(-c3cn[nH]c3)c3c2c1CCCO3. The smallest absolute Gasteiger partial charge is 0.266 e. The number of thiophene rings is 1. The molecule has 4 heterocycles. The fourth-order valence-corrected chi connectivity index (χ4v) is 4.30. The fraction of sp³-hybridized carbons (Fsp3) is 0.250. The molecule has 0 fully saturated rings. The Morgan fingerprint density at radius 1 is 1.48 bits per heavy atom. The second-order valence-electron chi connectivity index (χ2n) is 5.83. The summed E-state index contributed by atoms with van der Waals surface area (Å²) in [5.74, 6) is 6.68. The Labute approximate surface area is 147 Å². The van der Waals surface area contributed by atoms with Gasteiger partial charge >= 0.3 is 0 Å². The number of nitrogens with zero attached hydrogens (tertiary/aromatic N) is 2. The molecule has 0 unspecified atom stereocenters. The molecule has 0 spiro atoms. The molecule has 1 aliphatic heterocycles. The summed E-state index contributed by atoms with van der Waals surface area (Å²) in [4.78, 5) is 16.6. The lowest BCUT2D eigenvalue weighted by Crippen LogP contribution is -2.27.